The van der Waals surface area contributed by atoms with Crippen molar-refractivity contribution in [2.24, 2.45) is 18.7 Å². The average molecular weight is 287 g/mol. The van der Waals surface area contributed by atoms with E-state index in [9.17, 15) is 4.79 Å². The van der Waals surface area contributed by atoms with Gasteiger partial charge in [-0.3, -0.25) is 9.48 Å². The van der Waals surface area contributed by atoms with Gasteiger partial charge < -0.3 is 11.1 Å². The van der Waals surface area contributed by atoms with Crippen LogP contribution in [0.1, 0.15) is 31.2 Å². The highest BCUT2D eigenvalue weighted by atomic mass is 35.5. The van der Waals surface area contributed by atoms with Gasteiger partial charge in [-0.25, -0.2) is 0 Å². The Hall–Kier alpha value is -1.07. The highest BCUT2D eigenvalue weighted by molar-refractivity contribution is 5.85. The van der Waals surface area contributed by atoms with Crippen LogP contribution in [0.5, 0.6) is 0 Å². The standard InChI is InChI=1S/C13H22N4O.ClH/c1-17-9-10(8-16-17)5-6-15-13(18)11-3-2-4-12(14)7-11;/h8-9,11-12H,2-7,14H2,1H3,(H,15,18);1H. The Bertz CT molecular complexity index is 407. The number of nitrogens with two attached hydrogens (primary N) is 1. The predicted molar refractivity (Wildman–Crippen MR) is 77.1 cm³/mol. The Kier molecular flexibility index (Phi) is 6.31. The van der Waals surface area contributed by atoms with E-state index in [1.165, 1.54) is 0 Å². The largest absolute Gasteiger partial charge is 0.356 e. The zero-order chi connectivity index (χ0) is 13.0. The second kappa shape index (κ2) is 7.50. The summed E-state index contributed by atoms with van der Waals surface area (Å²) in [5.41, 5.74) is 7.05. The molecule has 1 heterocycles. The minimum Gasteiger partial charge on any atom is -0.356 e. The Balaban J connectivity index is 0.00000180. The lowest BCUT2D eigenvalue weighted by Crippen LogP contribution is -2.38. The molecule has 19 heavy (non-hydrogen) atoms. The van der Waals surface area contributed by atoms with Gasteiger partial charge in [0.15, 0.2) is 0 Å². The van der Waals surface area contributed by atoms with Crippen molar-refractivity contribution >= 4 is 18.3 Å². The van der Waals surface area contributed by atoms with E-state index in [-0.39, 0.29) is 30.3 Å². The van der Waals surface area contributed by atoms with Crippen molar-refractivity contribution in [1.29, 1.82) is 0 Å². The van der Waals surface area contributed by atoms with Crippen LogP contribution in [0.3, 0.4) is 0 Å². The van der Waals surface area contributed by atoms with Gasteiger partial charge in [0.2, 0.25) is 5.91 Å². The van der Waals surface area contributed by atoms with Crippen LogP contribution < -0.4 is 11.1 Å². The molecule has 0 aromatic carbocycles. The summed E-state index contributed by atoms with van der Waals surface area (Å²) in [4.78, 5) is 12.0. The van der Waals surface area contributed by atoms with E-state index in [1.54, 1.807) is 4.68 Å². The number of nitrogens with zero attached hydrogens (tertiary/aromatic N) is 2. The maximum absolute atomic E-state index is 12.0. The first-order valence-electron chi connectivity index (χ1n) is 6.66. The maximum Gasteiger partial charge on any atom is 0.223 e. The van der Waals surface area contributed by atoms with Crippen molar-refractivity contribution in [3.05, 3.63) is 18.0 Å². The third-order valence-electron chi connectivity index (χ3n) is 3.56. The number of aryl methyl sites for hydroxylation is 1. The van der Waals surface area contributed by atoms with Gasteiger partial charge in [0.05, 0.1) is 6.20 Å². The van der Waals surface area contributed by atoms with Crippen molar-refractivity contribution < 1.29 is 4.79 Å². The molecule has 1 aliphatic carbocycles. The lowest BCUT2D eigenvalue weighted by atomic mass is 9.85. The summed E-state index contributed by atoms with van der Waals surface area (Å²) < 4.78 is 1.78. The summed E-state index contributed by atoms with van der Waals surface area (Å²) in [5.74, 6) is 0.275. The number of aromatic nitrogens is 2. The fraction of sp³-hybridized carbons (Fsp3) is 0.692. The van der Waals surface area contributed by atoms with Crippen molar-refractivity contribution in [1.82, 2.24) is 15.1 Å². The lowest BCUT2D eigenvalue weighted by molar-refractivity contribution is -0.126. The summed E-state index contributed by atoms with van der Waals surface area (Å²) in [5, 5.41) is 7.10. The fourth-order valence-electron chi connectivity index (χ4n) is 2.54. The van der Waals surface area contributed by atoms with E-state index in [0.29, 0.717) is 6.54 Å². The molecule has 1 fully saturated rings. The molecule has 0 aliphatic heterocycles. The molecule has 2 atom stereocenters. The molecular weight excluding hydrogens is 264 g/mol. The summed E-state index contributed by atoms with van der Waals surface area (Å²) in [6.45, 7) is 0.677. The van der Waals surface area contributed by atoms with Crippen LogP contribution in [0.4, 0.5) is 0 Å². The van der Waals surface area contributed by atoms with E-state index in [4.69, 9.17) is 5.73 Å². The minimum atomic E-state index is 0. The lowest BCUT2D eigenvalue weighted by Gasteiger charge is -2.25. The first-order chi connectivity index (χ1) is 8.65. The second-order valence-corrected chi connectivity index (χ2v) is 5.19. The van der Waals surface area contributed by atoms with Crippen LogP contribution in [-0.4, -0.2) is 28.3 Å². The zero-order valence-electron chi connectivity index (χ0n) is 11.3. The van der Waals surface area contributed by atoms with Gasteiger partial charge >= 0.3 is 0 Å². The van der Waals surface area contributed by atoms with Gasteiger partial charge in [-0.05, 0) is 31.2 Å². The molecule has 1 aromatic heterocycles. The molecule has 0 radical (unpaired) electrons. The topological polar surface area (TPSA) is 72.9 Å². The van der Waals surface area contributed by atoms with Gasteiger partial charge in [0, 0.05) is 31.7 Å². The van der Waals surface area contributed by atoms with Crippen molar-refractivity contribution in [2.45, 2.75) is 38.1 Å². The van der Waals surface area contributed by atoms with Crippen LogP contribution in [0.15, 0.2) is 12.4 Å². The van der Waals surface area contributed by atoms with Crippen molar-refractivity contribution in [3.63, 3.8) is 0 Å². The number of carbonyl (C=O) groups is 1. The molecule has 1 aromatic rings. The van der Waals surface area contributed by atoms with Gasteiger partial charge in [-0.2, -0.15) is 5.10 Å². The average Bonchev–Trinajstić information content (AvgIpc) is 2.75. The van der Waals surface area contributed by atoms with Crippen LogP contribution >= 0.6 is 12.4 Å². The first-order valence-corrected chi connectivity index (χ1v) is 6.66. The van der Waals surface area contributed by atoms with Crippen molar-refractivity contribution in [3.8, 4) is 0 Å². The predicted octanol–water partition coefficient (Wildman–Crippen LogP) is 1.02. The molecule has 1 aliphatic rings. The smallest absolute Gasteiger partial charge is 0.223 e. The van der Waals surface area contributed by atoms with Crippen LogP contribution in [0.2, 0.25) is 0 Å². The molecule has 2 unspecified atom stereocenters. The van der Waals surface area contributed by atoms with Crippen LogP contribution in [0.25, 0.3) is 0 Å². The number of hydrogen-bond acceptors (Lipinski definition) is 3. The molecular formula is C13H23ClN4O. The van der Waals surface area contributed by atoms with E-state index < -0.39 is 0 Å². The molecule has 0 spiro atoms. The molecule has 6 heteroatoms. The summed E-state index contributed by atoms with van der Waals surface area (Å²) in [6, 6.07) is 0.202. The highest BCUT2D eigenvalue weighted by Gasteiger charge is 2.24. The van der Waals surface area contributed by atoms with Crippen LogP contribution in [-0.2, 0) is 18.3 Å². The SMILES string of the molecule is Cl.Cn1cc(CCNC(=O)C2CCCC(N)C2)cn1. The first kappa shape index (κ1) is 16.0. The molecule has 0 saturated heterocycles. The number of rotatable bonds is 4. The summed E-state index contributed by atoms with van der Waals surface area (Å²) >= 11 is 0. The summed E-state index contributed by atoms with van der Waals surface area (Å²) in [6.07, 6.45) is 8.58. The van der Waals surface area contributed by atoms with Gasteiger partial charge in [-0.15, -0.1) is 12.4 Å². The molecule has 2 rings (SSSR count). The second-order valence-electron chi connectivity index (χ2n) is 5.19. The van der Waals surface area contributed by atoms with Gasteiger partial charge in [0.1, 0.15) is 0 Å². The minimum absolute atomic E-state index is 0. The van der Waals surface area contributed by atoms with E-state index in [0.717, 1.165) is 37.7 Å². The molecule has 1 amide bonds. The Morgan fingerprint density at radius 2 is 2.37 bits per heavy atom. The molecule has 108 valence electrons. The monoisotopic (exact) mass is 286 g/mol. The zero-order valence-corrected chi connectivity index (χ0v) is 12.2. The number of nitrogens with one attached hydrogen (secondary N) is 1. The van der Waals surface area contributed by atoms with E-state index in [2.05, 4.69) is 10.4 Å². The highest BCUT2D eigenvalue weighted by Crippen LogP contribution is 2.22. The third-order valence-corrected chi connectivity index (χ3v) is 3.56. The third kappa shape index (κ3) is 4.84. The van der Waals surface area contributed by atoms with Gasteiger partial charge in [0.25, 0.3) is 0 Å². The number of hydrogen-bond donors (Lipinski definition) is 2. The van der Waals surface area contributed by atoms with Gasteiger partial charge in [-0.1, -0.05) is 6.42 Å². The Labute approximate surface area is 120 Å². The van der Waals surface area contributed by atoms with E-state index >= 15 is 0 Å². The Morgan fingerprint density at radius 1 is 1.58 bits per heavy atom. The Morgan fingerprint density at radius 3 is 3.00 bits per heavy atom. The molecule has 0 bridgehead atoms. The number of halogens is 1. The normalized spacial score (nSPS) is 22.6. The molecule has 5 nitrogen and oxygen atoms in total. The maximum atomic E-state index is 12.0. The molecule has 1 saturated carbocycles. The van der Waals surface area contributed by atoms with Crippen molar-refractivity contribution in [2.75, 3.05) is 6.54 Å². The van der Waals surface area contributed by atoms with E-state index in [1.807, 2.05) is 19.4 Å². The molecule has 3 N–H and O–H groups in total. The number of amides is 1. The van der Waals surface area contributed by atoms with Crippen LogP contribution in [0, 0.1) is 5.92 Å². The fourth-order valence-corrected chi connectivity index (χ4v) is 2.54. The summed E-state index contributed by atoms with van der Waals surface area (Å²) in [7, 11) is 1.89. The number of carbonyl (C=O) groups excluding carboxylic acids is 1. The quantitative estimate of drug-likeness (QED) is 0.868.